The van der Waals surface area contributed by atoms with E-state index in [0.29, 0.717) is 40.2 Å². The molecule has 7 nitrogen and oxygen atoms in total. The molecule has 0 aliphatic carbocycles. The molecule has 0 bridgehead atoms. The molecule has 2 amide bonds. The Labute approximate surface area is 197 Å². The fourth-order valence-corrected chi connectivity index (χ4v) is 4.09. The number of ether oxygens (including phenoxy) is 2. The van der Waals surface area contributed by atoms with Gasteiger partial charge in [0, 0.05) is 0 Å². The Balaban J connectivity index is 1.85. The fourth-order valence-electron chi connectivity index (χ4n) is 3.25. The zero-order valence-electron chi connectivity index (χ0n) is 19.0. The molecule has 3 rings (SSSR count). The Hall–Kier alpha value is -3.26. The van der Waals surface area contributed by atoms with Crippen molar-refractivity contribution < 1.29 is 29.0 Å². The summed E-state index contributed by atoms with van der Waals surface area (Å²) in [6.45, 7) is 7.83. The molecule has 1 saturated heterocycles. The van der Waals surface area contributed by atoms with Crippen molar-refractivity contribution in [1.29, 1.82) is 0 Å². The summed E-state index contributed by atoms with van der Waals surface area (Å²) in [5.41, 5.74) is 2.33. The van der Waals surface area contributed by atoms with Crippen LogP contribution in [0.1, 0.15) is 51.2 Å². The predicted molar refractivity (Wildman–Crippen MR) is 129 cm³/mol. The van der Waals surface area contributed by atoms with Crippen molar-refractivity contribution in [1.82, 2.24) is 0 Å². The van der Waals surface area contributed by atoms with E-state index in [1.807, 2.05) is 12.1 Å². The lowest BCUT2D eigenvalue weighted by Crippen LogP contribution is -2.27. The quantitative estimate of drug-likeness (QED) is 0.471. The third-order valence-electron chi connectivity index (χ3n) is 5.34. The number of aliphatic carboxylic acids is 1. The molecule has 8 heteroatoms. The highest BCUT2D eigenvalue weighted by Crippen LogP contribution is 2.37. The maximum absolute atomic E-state index is 13.0. The first-order valence-corrected chi connectivity index (χ1v) is 11.6. The molecule has 0 aromatic heterocycles. The minimum absolute atomic E-state index is 0.290. The van der Waals surface area contributed by atoms with Crippen LogP contribution in [0.15, 0.2) is 47.4 Å². The smallest absolute Gasteiger partial charge is 0.344 e. The van der Waals surface area contributed by atoms with Crippen LogP contribution >= 0.6 is 11.8 Å². The highest BCUT2D eigenvalue weighted by molar-refractivity contribution is 8.19. The summed E-state index contributed by atoms with van der Waals surface area (Å²) >= 11 is 0.873. The van der Waals surface area contributed by atoms with Crippen LogP contribution in [0.3, 0.4) is 0 Å². The first-order valence-electron chi connectivity index (χ1n) is 10.8. The van der Waals surface area contributed by atoms with Gasteiger partial charge in [-0.3, -0.25) is 9.59 Å². The minimum Gasteiger partial charge on any atom is -0.490 e. The first kappa shape index (κ1) is 24.4. The summed E-state index contributed by atoms with van der Waals surface area (Å²) in [7, 11) is 0. The van der Waals surface area contributed by atoms with E-state index < -0.39 is 12.1 Å². The second-order valence-corrected chi connectivity index (χ2v) is 8.65. The van der Waals surface area contributed by atoms with Crippen molar-refractivity contribution in [2.24, 2.45) is 0 Å². The van der Waals surface area contributed by atoms with Gasteiger partial charge in [-0.2, -0.15) is 0 Å². The molecule has 2 aromatic carbocycles. The minimum atomic E-state index is -1.09. The number of carbonyl (C=O) groups is 3. The zero-order chi connectivity index (χ0) is 24.1. The Bertz CT molecular complexity index is 1080. The molecule has 2 atom stereocenters. The third kappa shape index (κ3) is 5.57. The second-order valence-electron chi connectivity index (χ2n) is 7.66. The van der Waals surface area contributed by atoms with Gasteiger partial charge in [-0.25, -0.2) is 9.69 Å². The van der Waals surface area contributed by atoms with E-state index in [4.69, 9.17) is 14.6 Å². The SMILES string of the molecule is CCOc1cc(/C=C2/SC(=O)N(c3ccc(C(C)CC)cc3)C2=O)ccc1OC(C)C(=O)O. The van der Waals surface area contributed by atoms with Gasteiger partial charge in [-0.05, 0) is 79.4 Å². The number of anilines is 1. The first-order chi connectivity index (χ1) is 15.7. The number of benzene rings is 2. The molecular formula is C25H27NO6S. The largest absolute Gasteiger partial charge is 0.490 e. The number of hydrogen-bond donors (Lipinski definition) is 1. The van der Waals surface area contributed by atoms with Crippen molar-refractivity contribution in [2.45, 2.75) is 46.1 Å². The number of thioether (sulfide) groups is 1. The van der Waals surface area contributed by atoms with Crippen LogP contribution in [0.2, 0.25) is 0 Å². The molecular weight excluding hydrogens is 442 g/mol. The van der Waals surface area contributed by atoms with E-state index in [2.05, 4.69) is 13.8 Å². The van der Waals surface area contributed by atoms with E-state index in [1.165, 1.54) is 11.8 Å². The van der Waals surface area contributed by atoms with Crippen LogP contribution < -0.4 is 14.4 Å². The van der Waals surface area contributed by atoms with E-state index in [9.17, 15) is 14.4 Å². The van der Waals surface area contributed by atoms with Crippen LogP contribution in [0.25, 0.3) is 6.08 Å². The molecule has 1 N–H and O–H groups in total. The lowest BCUT2D eigenvalue weighted by Gasteiger charge is -2.15. The van der Waals surface area contributed by atoms with E-state index in [-0.39, 0.29) is 11.1 Å². The van der Waals surface area contributed by atoms with Crippen LogP contribution in [0, 0.1) is 0 Å². The van der Waals surface area contributed by atoms with E-state index >= 15 is 0 Å². The number of rotatable bonds is 9. The van der Waals surface area contributed by atoms with Gasteiger partial charge >= 0.3 is 5.97 Å². The molecule has 33 heavy (non-hydrogen) atoms. The number of imide groups is 1. The van der Waals surface area contributed by atoms with Crippen LogP contribution in [0.4, 0.5) is 10.5 Å². The summed E-state index contributed by atoms with van der Waals surface area (Å²) in [6, 6.07) is 12.4. The summed E-state index contributed by atoms with van der Waals surface area (Å²) in [5.74, 6) is -0.428. The lowest BCUT2D eigenvalue weighted by atomic mass is 9.98. The van der Waals surface area contributed by atoms with Crippen molar-refractivity contribution in [3.05, 3.63) is 58.5 Å². The Morgan fingerprint density at radius 3 is 2.39 bits per heavy atom. The van der Waals surface area contributed by atoms with Gasteiger partial charge < -0.3 is 14.6 Å². The van der Waals surface area contributed by atoms with Gasteiger partial charge in [0.05, 0.1) is 17.2 Å². The Morgan fingerprint density at radius 2 is 1.79 bits per heavy atom. The van der Waals surface area contributed by atoms with Crippen LogP contribution in [-0.4, -0.2) is 34.9 Å². The molecule has 2 aromatic rings. The van der Waals surface area contributed by atoms with Gasteiger partial charge in [0.2, 0.25) is 0 Å². The molecule has 1 heterocycles. The molecule has 0 radical (unpaired) electrons. The molecule has 1 fully saturated rings. The van der Waals surface area contributed by atoms with Gasteiger partial charge in [0.1, 0.15) is 0 Å². The van der Waals surface area contributed by atoms with Gasteiger partial charge in [-0.15, -0.1) is 0 Å². The molecule has 1 aliphatic heterocycles. The Morgan fingerprint density at radius 1 is 1.09 bits per heavy atom. The standard InChI is InChI=1S/C25H27NO6S/c1-5-15(3)18-8-10-19(11-9-18)26-23(27)22(33-25(26)30)14-17-7-12-20(21(13-17)31-6-2)32-16(4)24(28)29/h7-16H,5-6H2,1-4H3,(H,28,29)/b22-14+. The average molecular weight is 470 g/mol. The maximum atomic E-state index is 13.0. The predicted octanol–water partition coefficient (Wildman–Crippen LogP) is 5.69. The van der Waals surface area contributed by atoms with Crippen molar-refractivity contribution in [3.63, 3.8) is 0 Å². The number of nitrogens with zero attached hydrogens (tertiary/aromatic N) is 1. The summed E-state index contributed by atoms with van der Waals surface area (Å²) in [6.07, 6.45) is 1.58. The number of carboxylic acid groups (broad SMARTS) is 1. The lowest BCUT2D eigenvalue weighted by molar-refractivity contribution is -0.144. The molecule has 174 valence electrons. The van der Waals surface area contributed by atoms with Crippen molar-refractivity contribution in [2.75, 3.05) is 11.5 Å². The number of amides is 2. The van der Waals surface area contributed by atoms with Crippen molar-refractivity contribution >= 4 is 40.6 Å². The van der Waals surface area contributed by atoms with E-state index in [0.717, 1.165) is 23.7 Å². The highest BCUT2D eigenvalue weighted by atomic mass is 32.2. The normalized spacial score (nSPS) is 16.7. The van der Waals surface area contributed by atoms with Crippen molar-refractivity contribution in [3.8, 4) is 11.5 Å². The third-order valence-corrected chi connectivity index (χ3v) is 6.21. The monoisotopic (exact) mass is 469 g/mol. The number of hydrogen-bond acceptors (Lipinski definition) is 6. The average Bonchev–Trinajstić information content (AvgIpc) is 3.07. The number of carbonyl (C=O) groups excluding carboxylic acids is 2. The zero-order valence-corrected chi connectivity index (χ0v) is 19.8. The van der Waals surface area contributed by atoms with Gasteiger partial charge in [0.25, 0.3) is 11.1 Å². The van der Waals surface area contributed by atoms with Gasteiger partial charge in [0.15, 0.2) is 17.6 Å². The summed E-state index contributed by atoms with van der Waals surface area (Å²) in [5, 5.41) is 8.73. The van der Waals surface area contributed by atoms with Crippen LogP contribution in [-0.2, 0) is 9.59 Å². The summed E-state index contributed by atoms with van der Waals surface area (Å²) < 4.78 is 11.0. The molecule has 0 spiro atoms. The fraction of sp³-hybridized carbons (Fsp3) is 0.320. The highest BCUT2D eigenvalue weighted by Gasteiger charge is 2.36. The maximum Gasteiger partial charge on any atom is 0.344 e. The molecule has 1 aliphatic rings. The molecule has 0 saturated carbocycles. The van der Waals surface area contributed by atoms with Gasteiger partial charge in [-0.1, -0.05) is 32.0 Å². The molecule has 2 unspecified atom stereocenters. The second kappa shape index (κ2) is 10.6. The van der Waals surface area contributed by atoms with E-state index in [1.54, 1.807) is 43.3 Å². The number of carboxylic acids is 1. The Kier molecular flexibility index (Phi) is 7.81. The van der Waals surface area contributed by atoms with Crippen LogP contribution in [0.5, 0.6) is 11.5 Å². The topological polar surface area (TPSA) is 93.1 Å². The summed E-state index contributed by atoms with van der Waals surface area (Å²) in [4.78, 5) is 38.1.